The topological polar surface area (TPSA) is 90.0 Å². The Kier molecular flexibility index (Phi) is 9.76. The average molecular weight is 647 g/mol. The normalized spacial score (nSPS) is 24.2. The molecule has 2 amide bonds. The molecule has 0 radical (unpaired) electrons. The number of hydrogen-bond acceptors (Lipinski definition) is 7. The number of benzene rings is 1. The van der Waals surface area contributed by atoms with Gasteiger partial charge >= 0.3 is 6.18 Å². The number of piperazine rings is 1. The highest BCUT2D eigenvalue weighted by Gasteiger charge is 2.42. The smallest absolute Gasteiger partial charge is 0.363 e. The second-order valence-electron chi connectivity index (χ2n) is 11.5. The number of alkyl halides is 3. The summed E-state index contributed by atoms with van der Waals surface area (Å²) in [6, 6.07) is 6.58. The number of pyridine rings is 1. The summed E-state index contributed by atoms with van der Waals surface area (Å²) in [7, 11) is 2.01. The fourth-order valence-electron chi connectivity index (χ4n) is 6.25. The minimum atomic E-state index is -4.73. The van der Waals surface area contributed by atoms with Gasteiger partial charge in [0, 0.05) is 67.8 Å². The molecule has 0 saturated carbocycles. The fourth-order valence-corrected chi connectivity index (χ4v) is 6.43. The van der Waals surface area contributed by atoms with Gasteiger partial charge in [-0.15, -0.1) is 0 Å². The lowest BCUT2D eigenvalue weighted by Gasteiger charge is -2.46. The van der Waals surface area contributed by atoms with Crippen LogP contribution in [-0.2, 0) is 21.4 Å². The summed E-state index contributed by atoms with van der Waals surface area (Å²) in [6.45, 7) is 6.42. The predicted octanol–water partition coefficient (Wildman–Crippen LogP) is 4.37. The Morgan fingerprint density at radius 1 is 1.18 bits per heavy atom. The van der Waals surface area contributed by atoms with E-state index in [-0.39, 0.29) is 36.1 Å². The lowest BCUT2D eigenvalue weighted by Crippen LogP contribution is -2.57. The Morgan fingerprint density at radius 3 is 2.62 bits per heavy atom. The average Bonchev–Trinajstić information content (AvgIpc) is 3.44. The summed E-state index contributed by atoms with van der Waals surface area (Å²) in [5, 5.41) is 6.47. The van der Waals surface area contributed by atoms with Gasteiger partial charge in [-0.25, -0.2) is 0 Å². The highest BCUT2D eigenvalue weighted by atomic mass is 35.5. The fraction of sp³-hybridized carbons (Fsp3) is 0.469. The zero-order valence-electron chi connectivity index (χ0n) is 25.5. The van der Waals surface area contributed by atoms with Crippen LogP contribution in [0.15, 0.2) is 66.3 Å². The summed E-state index contributed by atoms with van der Waals surface area (Å²) in [5.74, 6) is -0.995. The molecule has 13 heteroatoms. The second-order valence-corrected chi connectivity index (χ2v) is 12.0. The third-order valence-electron chi connectivity index (χ3n) is 8.53. The van der Waals surface area contributed by atoms with Crippen LogP contribution in [0.25, 0.3) is 0 Å². The summed E-state index contributed by atoms with van der Waals surface area (Å²) in [6.07, 6.45) is 3.73. The van der Waals surface area contributed by atoms with Crippen molar-refractivity contribution in [2.45, 2.75) is 50.7 Å². The number of likely N-dealkylation sites (N-methyl/N-ethyl adjacent to an activating group) is 1. The minimum absolute atomic E-state index is 0.0255. The molecule has 2 aromatic rings. The highest BCUT2D eigenvalue weighted by Crippen LogP contribution is 2.36. The van der Waals surface area contributed by atoms with E-state index in [0.29, 0.717) is 31.0 Å². The van der Waals surface area contributed by atoms with Gasteiger partial charge in [0.1, 0.15) is 5.70 Å². The number of likely N-dealkylation sites (tertiary alicyclic amines) is 1. The van der Waals surface area contributed by atoms with Crippen LogP contribution < -0.4 is 10.6 Å². The predicted molar refractivity (Wildman–Crippen MR) is 164 cm³/mol. The molecule has 242 valence electrons. The summed E-state index contributed by atoms with van der Waals surface area (Å²) >= 11 is 5.85. The van der Waals surface area contributed by atoms with Crippen LogP contribution in [0, 0.1) is 0 Å². The molecular weight excluding hydrogens is 609 g/mol. The van der Waals surface area contributed by atoms with Crippen molar-refractivity contribution < 1.29 is 27.5 Å². The number of nitrogens with zero attached hydrogens (tertiary/aromatic N) is 4. The molecule has 2 fully saturated rings. The zero-order chi connectivity index (χ0) is 32.4. The standard InChI is InChI=1S/C32H38ClF3N6O3/c1-4-24-20-41(30(44)25-9-8-22(33)17-26(25)32(34,35)36)15-16-42(24)27-10-12-31(45-5-2,21-7-6-13-37-18-21)39-28(27)29(43)38-23-11-14-40(3)19-23/h6-10,12-13,17-18,23-24,39H,4-5,11,14-16,19-20H2,1-3H3,(H,38,43)/t23-,24+,31?/m0/s1. The van der Waals surface area contributed by atoms with Gasteiger partial charge in [-0.1, -0.05) is 24.6 Å². The molecule has 1 aromatic carbocycles. The molecule has 4 heterocycles. The van der Waals surface area contributed by atoms with Crippen LogP contribution in [-0.4, -0.2) is 90.0 Å². The molecule has 1 unspecified atom stereocenters. The molecule has 0 spiro atoms. The molecule has 3 aliphatic rings. The van der Waals surface area contributed by atoms with Crippen molar-refractivity contribution in [3.8, 4) is 0 Å². The van der Waals surface area contributed by atoms with Gasteiger partial charge < -0.3 is 30.1 Å². The van der Waals surface area contributed by atoms with E-state index in [9.17, 15) is 22.8 Å². The van der Waals surface area contributed by atoms with Crippen molar-refractivity contribution in [1.82, 2.24) is 30.3 Å². The van der Waals surface area contributed by atoms with E-state index < -0.39 is 28.9 Å². The number of carbonyl (C=O) groups is 2. The van der Waals surface area contributed by atoms with Crippen molar-refractivity contribution in [2.75, 3.05) is 46.4 Å². The van der Waals surface area contributed by atoms with Crippen LogP contribution in [0.3, 0.4) is 0 Å². The number of carbonyl (C=O) groups excluding carboxylic acids is 2. The van der Waals surface area contributed by atoms with Crippen LogP contribution in [0.5, 0.6) is 0 Å². The number of rotatable bonds is 8. The summed E-state index contributed by atoms with van der Waals surface area (Å²) < 4.78 is 47.7. The molecule has 0 bridgehead atoms. The first-order chi connectivity index (χ1) is 21.5. The molecule has 3 atom stereocenters. The van der Waals surface area contributed by atoms with E-state index in [1.807, 2.05) is 39.1 Å². The van der Waals surface area contributed by atoms with Crippen LogP contribution in [0.2, 0.25) is 5.02 Å². The van der Waals surface area contributed by atoms with E-state index in [2.05, 4.69) is 25.4 Å². The molecule has 9 nitrogen and oxygen atoms in total. The van der Waals surface area contributed by atoms with E-state index in [1.54, 1.807) is 18.5 Å². The van der Waals surface area contributed by atoms with Gasteiger partial charge in [0.2, 0.25) is 0 Å². The van der Waals surface area contributed by atoms with Crippen LogP contribution >= 0.6 is 11.6 Å². The first kappa shape index (κ1) is 32.8. The van der Waals surface area contributed by atoms with Gasteiger partial charge in [0.15, 0.2) is 5.72 Å². The van der Waals surface area contributed by atoms with E-state index in [1.165, 1.54) is 11.0 Å². The van der Waals surface area contributed by atoms with E-state index >= 15 is 0 Å². The Labute approximate surface area is 266 Å². The number of amides is 2. The molecular formula is C32H38ClF3N6O3. The molecule has 45 heavy (non-hydrogen) atoms. The Bertz CT molecular complexity index is 1470. The molecule has 2 saturated heterocycles. The third kappa shape index (κ3) is 6.97. The number of aromatic nitrogens is 1. The maximum Gasteiger partial charge on any atom is 0.417 e. The van der Waals surface area contributed by atoms with Gasteiger partial charge in [-0.2, -0.15) is 13.2 Å². The van der Waals surface area contributed by atoms with E-state index in [0.717, 1.165) is 37.2 Å². The van der Waals surface area contributed by atoms with Gasteiger partial charge in [-0.3, -0.25) is 14.6 Å². The number of dihydropyridines is 1. The molecule has 0 aliphatic carbocycles. The third-order valence-corrected chi connectivity index (χ3v) is 8.76. The van der Waals surface area contributed by atoms with Gasteiger partial charge in [0.25, 0.3) is 11.8 Å². The summed E-state index contributed by atoms with van der Waals surface area (Å²) in [5.41, 5.74) is -0.976. The van der Waals surface area contributed by atoms with Crippen molar-refractivity contribution in [3.63, 3.8) is 0 Å². The second kappa shape index (κ2) is 13.4. The number of hydrogen-bond donors (Lipinski definition) is 2. The Balaban J connectivity index is 1.46. The molecule has 3 aliphatic heterocycles. The van der Waals surface area contributed by atoms with Crippen LogP contribution in [0.4, 0.5) is 13.2 Å². The lowest BCUT2D eigenvalue weighted by molar-refractivity contribution is -0.138. The quantitative estimate of drug-likeness (QED) is 0.440. The largest absolute Gasteiger partial charge is 0.417 e. The number of nitrogens with one attached hydrogen (secondary N) is 2. The first-order valence-electron chi connectivity index (χ1n) is 15.1. The maximum atomic E-state index is 14.0. The number of halogens is 4. The zero-order valence-corrected chi connectivity index (χ0v) is 26.3. The first-order valence-corrected chi connectivity index (χ1v) is 15.5. The number of ether oxygens (including phenoxy) is 1. The Hall–Kier alpha value is -3.61. The molecule has 2 N–H and O–H groups in total. The monoisotopic (exact) mass is 646 g/mol. The molecule has 1 aromatic heterocycles. The van der Waals surface area contributed by atoms with Gasteiger partial charge in [-0.05, 0) is 69.8 Å². The van der Waals surface area contributed by atoms with Crippen molar-refractivity contribution >= 4 is 23.4 Å². The minimum Gasteiger partial charge on any atom is -0.363 e. The summed E-state index contributed by atoms with van der Waals surface area (Å²) in [4.78, 5) is 37.4. The number of allylic oxidation sites excluding steroid dienone is 1. The van der Waals surface area contributed by atoms with Gasteiger partial charge in [0.05, 0.1) is 16.8 Å². The van der Waals surface area contributed by atoms with Crippen LogP contribution in [0.1, 0.15) is 48.2 Å². The van der Waals surface area contributed by atoms with Crippen molar-refractivity contribution in [1.29, 1.82) is 0 Å². The highest BCUT2D eigenvalue weighted by molar-refractivity contribution is 6.30. The van der Waals surface area contributed by atoms with Crippen molar-refractivity contribution in [2.24, 2.45) is 0 Å². The molecule has 5 rings (SSSR count). The van der Waals surface area contributed by atoms with Crippen molar-refractivity contribution in [3.05, 3.63) is 88.0 Å². The lowest BCUT2D eigenvalue weighted by atomic mass is 9.97. The SMILES string of the molecule is CCOC1(c2cccnc2)C=CC(N2CCN(C(=O)c3ccc(Cl)cc3C(F)(F)F)C[C@H]2CC)=C(C(=O)N[C@H]2CCN(C)C2)N1. The Morgan fingerprint density at radius 2 is 1.98 bits per heavy atom. The van der Waals surface area contributed by atoms with E-state index in [4.69, 9.17) is 16.3 Å². The maximum absolute atomic E-state index is 14.0.